The summed E-state index contributed by atoms with van der Waals surface area (Å²) in [5.74, 6) is -1.93. The van der Waals surface area contributed by atoms with E-state index in [0.717, 1.165) is 18.2 Å². The van der Waals surface area contributed by atoms with E-state index in [9.17, 15) is 19.5 Å². The predicted molar refractivity (Wildman–Crippen MR) is 74.5 cm³/mol. The maximum Gasteiger partial charge on any atom is 0.360 e. The maximum atomic E-state index is 11.9. The zero-order valence-corrected chi connectivity index (χ0v) is 11.9. The van der Waals surface area contributed by atoms with Crippen molar-refractivity contribution in [1.29, 1.82) is 0 Å². The largest absolute Gasteiger partial charge is 0.508 e. The maximum absolute atomic E-state index is 11.9. The van der Waals surface area contributed by atoms with Crippen molar-refractivity contribution in [3.05, 3.63) is 41.5 Å². The first-order chi connectivity index (χ1) is 11.0. The van der Waals surface area contributed by atoms with Crippen LogP contribution >= 0.6 is 0 Å². The number of fused-ring (bicyclic) bond motifs is 1. The smallest absolute Gasteiger partial charge is 0.360 e. The summed E-state index contributed by atoms with van der Waals surface area (Å²) in [5.41, 5.74) is 0.959. The fraction of sp³-hybridized carbons (Fsp3) is 0.133. The van der Waals surface area contributed by atoms with Crippen molar-refractivity contribution in [3.8, 4) is 11.5 Å². The van der Waals surface area contributed by atoms with Crippen molar-refractivity contribution >= 4 is 23.5 Å². The van der Waals surface area contributed by atoms with E-state index in [2.05, 4.69) is 4.84 Å². The van der Waals surface area contributed by atoms with Crippen LogP contribution in [0.2, 0.25) is 0 Å². The molecule has 0 radical (unpaired) electrons. The highest BCUT2D eigenvalue weighted by atomic mass is 16.7. The lowest BCUT2D eigenvalue weighted by molar-refractivity contribution is -0.192. The molecule has 0 aromatic heterocycles. The van der Waals surface area contributed by atoms with Crippen molar-refractivity contribution in [2.24, 2.45) is 0 Å². The minimum atomic E-state index is -0.974. The summed E-state index contributed by atoms with van der Waals surface area (Å²) in [7, 11) is 0. The molecule has 0 fully saturated rings. The molecule has 0 spiro atoms. The summed E-state index contributed by atoms with van der Waals surface area (Å²) in [6.45, 7) is 1.57. The zero-order chi connectivity index (χ0) is 16.6. The van der Waals surface area contributed by atoms with E-state index >= 15 is 0 Å². The van der Waals surface area contributed by atoms with Gasteiger partial charge in [-0.15, -0.1) is 0 Å². The molecule has 8 heteroatoms. The third kappa shape index (κ3) is 2.73. The van der Waals surface area contributed by atoms with Crippen LogP contribution in [-0.4, -0.2) is 34.7 Å². The van der Waals surface area contributed by atoms with Crippen LogP contribution < -0.4 is 4.74 Å². The van der Waals surface area contributed by atoms with Gasteiger partial charge in [-0.3, -0.25) is 9.59 Å². The van der Waals surface area contributed by atoms with Gasteiger partial charge in [-0.1, -0.05) is 5.06 Å². The standard InChI is InChI=1S/C15H11NO7/c1-8-4-11-9(5-10(8)17)12(22-7-21-11)6-15(20)23-16-13(18)2-3-14(16)19/h2-6,17H,7H2,1H3/b12-6-. The highest BCUT2D eigenvalue weighted by molar-refractivity contribution is 6.12. The van der Waals surface area contributed by atoms with E-state index in [-0.39, 0.29) is 18.3 Å². The number of nitrogens with zero attached hydrogens (tertiary/aromatic N) is 1. The minimum absolute atomic E-state index is 0.00576. The molecular weight excluding hydrogens is 306 g/mol. The highest BCUT2D eigenvalue weighted by Gasteiger charge is 2.28. The molecule has 0 unspecified atom stereocenters. The fourth-order valence-electron chi connectivity index (χ4n) is 2.04. The number of aromatic hydroxyl groups is 1. The van der Waals surface area contributed by atoms with Gasteiger partial charge in [0.1, 0.15) is 17.3 Å². The highest BCUT2D eigenvalue weighted by Crippen LogP contribution is 2.36. The quantitative estimate of drug-likeness (QED) is 0.635. The number of benzene rings is 1. The van der Waals surface area contributed by atoms with E-state index in [1.165, 1.54) is 6.07 Å². The number of amides is 2. The van der Waals surface area contributed by atoms with Crippen molar-refractivity contribution in [2.45, 2.75) is 6.92 Å². The molecule has 118 valence electrons. The first-order valence-electron chi connectivity index (χ1n) is 6.55. The number of aryl methyl sites for hydroxylation is 1. The Morgan fingerprint density at radius 3 is 2.65 bits per heavy atom. The molecule has 1 aromatic rings. The second-order valence-corrected chi connectivity index (χ2v) is 4.76. The van der Waals surface area contributed by atoms with Crippen molar-refractivity contribution in [3.63, 3.8) is 0 Å². The fourth-order valence-corrected chi connectivity index (χ4v) is 2.04. The SMILES string of the molecule is Cc1cc2c(cc1O)/C(=C/C(=O)ON1C(=O)C=CC1=O)OCO2. The van der Waals surface area contributed by atoms with Crippen LogP contribution in [0.4, 0.5) is 0 Å². The number of imide groups is 1. The molecule has 0 aliphatic carbocycles. The Balaban J connectivity index is 1.84. The third-order valence-corrected chi connectivity index (χ3v) is 3.19. The minimum Gasteiger partial charge on any atom is -0.508 e. The molecule has 2 aliphatic heterocycles. The van der Waals surface area contributed by atoms with E-state index in [4.69, 9.17) is 9.47 Å². The van der Waals surface area contributed by atoms with Crippen LogP contribution in [-0.2, 0) is 24.0 Å². The van der Waals surface area contributed by atoms with Crippen LogP contribution in [0.3, 0.4) is 0 Å². The van der Waals surface area contributed by atoms with Gasteiger partial charge in [0.25, 0.3) is 11.8 Å². The lowest BCUT2D eigenvalue weighted by atomic mass is 10.1. The number of ether oxygens (including phenoxy) is 2. The van der Waals surface area contributed by atoms with E-state index in [1.54, 1.807) is 13.0 Å². The van der Waals surface area contributed by atoms with Gasteiger partial charge in [0.2, 0.25) is 6.79 Å². The number of rotatable bonds is 2. The van der Waals surface area contributed by atoms with Gasteiger partial charge in [-0.25, -0.2) is 4.79 Å². The number of hydrogen-bond donors (Lipinski definition) is 1. The summed E-state index contributed by atoms with van der Waals surface area (Å²) in [5, 5.41) is 10.1. The average Bonchev–Trinajstić information content (AvgIpc) is 2.81. The van der Waals surface area contributed by atoms with Crippen LogP contribution in [0.15, 0.2) is 30.4 Å². The van der Waals surface area contributed by atoms with E-state index in [1.807, 2.05) is 0 Å². The van der Waals surface area contributed by atoms with Crippen molar-refractivity contribution in [2.75, 3.05) is 6.79 Å². The number of hydroxylamine groups is 2. The second kappa shape index (κ2) is 5.48. The molecule has 2 amide bonds. The molecule has 23 heavy (non-hydrogen) atoms. The molecular formula is C15H11NO7. The third-order valence-electron chi connectivity index (χ3n) is 3.19. The monoisotopic (exact) mass is 317 g/mol. The molecule has 0 saturated heterocycles. The normalized spacial score (nSPS) is 17.8. The molecule has 1 aromatic carbocycles. The Labute approximate surface area is 130 Å². The Morgan fingerprint density at radius 1 is 1.26 bits per heavy atom. The van der Waals surface area contributed by atoms with Gasteiger partial charge in [-0.05, 0) is 24.6 Å². The summed E-state index contributed by atoms with van der Waals surface area (Å²) in [6, 6.07) is 2.99. The van der Waals surface area contributed by atoms with Gasteiger partial charge in [-0.2, -0.15) is 0 Å². The number of carbonyl (C=O) groups is 3. The summed E-state index contributed by atoms with van der Waals surface area (Å²) in [4.78, 5) is 39.2. The number of hydrogen-bond acceptors (Lipinski definition) is 7. The van der Waals surface area contributed by atoms with Crippen LogP contribution in [0, 0.1) is 6.92 Å². The molecule has 3 rings (SSSR count). The van der Waals surface area contributed by atoms with Crippen LogP contribution in [0.25, 0.3) is 5.76 Å². The Kier molecular flexibility index (Phi) is 3.49. The molecule has 2 heterocycles. The Bertz CT molecular complexity index is 760. The van der Waals surface area contributed by atoms with Gasteiger partial charge < -0.3 is 19.4 Å². The number of carbonyl (C=O) groups excluding carboxylic acids is 3. The molecule has 8 nitrogen and oxygen atoms in total. The summed E-state index contributed by atoms with van der Waals surface area (Å²) in [6.07, 6.45) is 2.95. The summed E-state index contributed by atoms with van der Waals surface area (Å²) < 4.78 is 10.5. The van der Waals surface area contributed by atoms with Gasteiger partial charge in [0, 0.05) is 12.2 Å². The zero-order valence-electron chi connectivity index (χ0n) is 11.9. The van der Waals surface area contributed by atoms with Gasteiger partial charge in [0.15, 0.2) is 0 Å². The van der Waals surface area contributed by atoms with Crippen LogP contribution in [0.1, 0.15) is 11.1 Å². The van der Waals surface area contributed by atoms with E-state index in [0.29, 0.717) is 21.9 Å². The predicted octanol–water partition coefficient (Wildman–Crippen LogP) is 0.791. The molecule has 1 N–H and O–H groups in total. The lowest BCUT2D eigenvalue weighted by Gasteiger charge is -2.21. The van der Waals surface area contributed by atoms with Crippen molar-refractivity contribution in [1.82, 2.24) is 5.06 Å². The van der Waals surface area contributed by atoms with Crippen molar-refractivity contribution < 1.29 is 33.8 Å². The second-order valence-electron chi connectivity index (χ2n) is 4.76. The van der Waals surface area contributed by atoms with Gasteiger partial charge >= 0.3 is 5.97 Å². The first kappa shape index (κ1) is 14.6. The molecule has 0 atom stereocenters. The molecule has 0 bridgehead atoms. The van der Waals surface area contributed by atoms with Crippen LogP contribution in [0.5, 0.6) is 11.5 Å². The Hall–Kier alpha value is -3.29. The molecule has 0 saturated carbocycles. The first-order valence-corrected chi connectivity index (χ1v) is 6.55. The average molecular weight is 317 g/mol. The number of phenolic OH excluding ortho intramolecular Hbond substituents is 1. The van der Waals surface area contributed by atoms with E-state index < -0.39 is 17.8 Å². The topological polar surface area (TPSA) is 102 Å². The lowest BCUT2D eigenvalue weighted by Crippen LogP contribution is -2.32. The Morgan fingerprint density at radius 2 is 1.96 bits per heavy atom. The summed E-state index contributed by atoms with van der Waals surface area (Å²) >= 11 is 0. The van der Waals surface area contributed by atoms with Gasteiger partial charge in [0.05, 0.1) is 11.6 Å². The number of phenols is 1. The molecule has 2 aliphatic rings.